The summed E-state index contributed by atoms with van der Waals surface area (Å²) in [6, 6.07) is 1.26. The molecule has 0 bridgehead atoms. The van der Waals surface area contributed by atoms with Gasteiger partial charge in [-0.1, -0.05) is 0 Å². The van der Waals surface area contributed by atoms with Crippen molar-refractivity contribution in [3.8, 4) is 0 Å². The van der Waals surface area contributed by atoms with Crippen molar-refractivity contribution in [1.82, 2.24) is 9.55 Å². The molecule has 0 aliphatic rings. The third kappa shape index (κ3) is 8.66. The van der Waals surface area contributed by atoms with Gasteiger partial charge in [0, 0.05) is 25.3 Å². The van der Waals surface area contributed by atoms with E-state index in [1.165, 1.54) is 16.8 Å². The number of aromatic amines is 1. The first-order valence-electron chi connectivity index (χ1n) is 9.63. The van der Waals surface area contributed by atoms with Gasteiger partial charge in [0.1, 0.15) is 0 Å². The van der Waals surface area contributed by atoms with Gasteiger partial charge in [0.15, 0.2) is 6.29 Å². The maximum Gasteiger partial charge on any atom is 0.365 e. The lowest BCUT2D eigenvalue weighted by molar-refractivity contribution is -0.126. The third-order valence-electron chi connectivity index (χ3n) is 3.68. The summed E-state index contributed by atoms with van der Waals surface area (Å²) in [7, 11) is -3.56. The van der Waals surface area contributed by atoms with Gasteiger partial charge in [-0.25, -0.2) is 4.79 Å². The molecule has 1 aromatic heterocycles. The molecule has 0 amide bonds. The van der Waals surface area contributed by atoms with E-state index >= 15 is 0 Å². The summed E-state index contributed by atoms with van der Waals surface area (Å²) in [6.07, 6.45) is 1.25. The van der Waals surface area contributed by atoms with Crippen LogP contribution in [0.1, 0.15) is 41.0 Å². The van der Waals surface area contributed by atoms with Crippen molar-refractivity contribution in [3.63, 3.8) is 0 Å². The molecule has 1 rings (SSSR count). The molecule has 29 heavy (non-hydrogen) atoms. The van der Waals surface area contributed by atoms with E-state index in [-0.39, 0.29) is 32.8 Å². The lowest BCUT2D eigenvalue weighted by atomic mass is 10.3. The summed E-state index contributed by atoms with van der Waals surface area (Å²) >= 11 is 0. The molecule has 1 unspecified atom stereocenters. The van der Waals surface area contributed by atoms with E-state index in [2.05, 4.69) is 10.7 Å². The van der Waals surface area contributed by atoms with E-state index in [1.54, 1.807) is 27.7 Å². The molecule has 0 spiro atoms. The average molecular weight is 430 g/mol. The molecule has 1 atom stereocenters. The van der Waals surface area contributed by atoms with Crippen LogP contribution in [0, 0.1) is 0 Å². The first-order chi connectivity index (χ1) is 13.8. The Balaban J connectivity index is 3.20. The second-order valence-electron chi connectivity index (χ2n) is 6.07. The molecule has 10 heteroatoms. The van der Waals surface area contributed by atoms with Crippen LogP contribution in [0.5, 0.6) is 0 Å². The Labute approximate surface area is 170 Å². The highest BCUT2D eigenvalue weighted by Crippen LogP contribution is 2.57. The van der Waals surface area contributed by atoms with Crippen LogP contribution < -0.4 is 11.2 Å². The van der Waals surface area contributed by atoms with E-state index in [1.807, 2.05) is 6.92 Å². The predicted octanol–water partition coefficient (Wildman–Crippen LogP) is 3.02. The average Bonchev–Trinajstić information content (AvgIpc) is 2.64. The third-order valence-corrected chi connectivity index (χ3v) is 5.88. The van der Waals surface area contributed by atoms with Gasteiger partial charge in [-0.05, 0) is 40.2 Å². The van der Waals surface area contributed by atoms with Crippen LogP contribution >= 0.6 is 7.60 Å². The quantitative estimate of drug-likeness (QED) is 0.291. The van der Waals surface area contributed by atoms with Gasteiger partial charge < -0.3 is 18.5 Å². The molecular formula is C19H31N2O7P. The van der Waals surface area contributed by atoms with E-state index < -0.39 is 25.1 Å². The second-order valence-corrected chi connectivity index (χ2v) is 8.12. The van der Waals surface area contributed by atoms with E-state index in [0.29, 0.717) is 17.5 Å². The maximum absolute atomic E-state index is 13.3. The Hall–Kier alpha value is -1.73. The van der Waals surface area contributed by atoms with Crippen LogP contribution in [-0.2, 0) is 29.6 Å². The number of nitrogens with one attached hydrogen (secondary N) is 1. The largest absolute Gasteiger partial charge is 0.365 e. The Morgan fingerprint density at radius 1 is 1.17 bits per heavy atom. The van der Waals surface area contributed by atoms with Gasteiger partial charge in [-0.3, -0.25) is 18.9 Å². The summed E-state index contributed by atoms with van der Waals surface area (Å²) < 4.78 is 36.4. The topological polar surface area (TPSA) is 109 Å². The van der Waals surface area contributed by atoms with Gasteiger partial charge >= 0.3 is 13.3 Å². The van der Waals surface area contributed by atoms with E-state index in [9.17, 15) is 14.2 Å². The summed E-state index contributed by atoms with van der Waals surface area (Å²) in [4.78, 5) is 25.3. The van der Waals surface area contributed by atoms with Crippen molar-refractivity contribution in [1.29, 1.82) is 0 Å². The molecule has 1 aromatic rings. The molecule has 0 fully saturated rings. The van der Waals surface area contributed by atoms with E-state index in [0.717, 1.165) is 0 Å². The normalized spacial score (nSPS) is 12.4. The summed E-state index contributed by atoms with van der Waals surface area (Å²) in [5.74, 6) is 0. The van der Waals surface area contributed by atoms with Gasteiger partial charge in [-0.15, -0.1) is 5.73 Å². The number of ether oxygens (including phenoxy) is 2. The van der Waals surface area contributed by atoms with Gasteiger partial charge in [-0.2, -0.15) is 0 Å². The van der Waals surface area contributed by atoms with Gasteiger partial charge in [0.05, 0.1) is 31.7 Å². The monoisotopic (exact) mass is 430 g/mol. The number of hydrogen-bond acceptors (Lipinski definition) is 7. The minimum atomic E-state index is -3.56. The lowest BCUT2D eigenvalue weighted by Gasteiger charge is -2.20. The van der Waals surface area contributed by atoms with Crippen molar-refractivity contribution >= 4 is 7.60 Å². The molecule has 0 saturated heterocycles. The van der Waals surface area contributed by atoms with Crippen LogP contribution in [0.25, 0.3) is 0 Å². The number of aromatic nitrogens is 2. The highest BCUT2D eigenvalue weighted by molar-refractivity contribution is 7.58. The van der Waals surface area contributed by atoms with Crippen LogP contribution in [0.15, 0.2) is 38.5 Å². The predicted molar refractivity (Wildman–Crippen MR) is 110 cm³/mol. The standard InChI is InChI=1S/C19H31N2O7P/c1-6-25-16(5)26-12-10-17(29(24,27-7-2)28-8-3)13-15(4)14-21-11-9-18(22)20-19(21)23/h9,11,16H,6-8,10,12,14H2,1-5H3,(H,20,22,23). The molecule has 164 valence electrons. The van der Waals surface area contributed by atoms with Crippen molar-refractivity contribution in [2.75, 3.05) is 26.4 Å². The molecule has 0 radical (unpaired) electrons. The Bertz CT molecular complexity index is 858. The highest BCUT2D eigenvalue weighted by atomic mass is 31.2. The van der Waals surface area contributed by atoms with Crippen molar-refractivity contribution in [2.45, 2.75) is 53.9 Å². The number of nitrogens with zero attached hydrogens (tertiary/aromatic N) is 1. The molecule has 0 saturated carbocycles. The molecular weight excluding hydrogens is 399 g/mol. The smallest absolute Gasteiger partial charge is 0.353 e. The Morgan fingerprint density at radius 3 is 2.38 bits per heavy atom. The summed E-state index contributed by atoms with van der Waals surface area (Å²) in [6.45, 7) is 10.2. The van der Waals surface area contributed by atoms with Crippen LogP contribution in [0.4, 0.5) is 0 Å². The van der Waals surface area contributed by atoms with Crippen LogP contribution in [-0.4, -0.2) is 42.3 Å². The summed E-state index contributed by atoms with van der Waals surface area (Å²) in [5, 5.41) is 0.333. The number of H-pyrrole nitrogens is 1. The van der Waals surface area contributed by atoms with Crippen LogP contribution in [0.3, 0.4) is 0 Å². The fourth-order valence-electron chi connectivity index (χ4n) is 2.52. The minimum Gasteiger partial charge on any atom is -0.353 e. The first kappa shape index (κ1) is 25.3. The van der Waals surface area contributed by atoms with Crippen molar-refractivity contribution < 1.29 is 23.1 Å². The van der Waals surface area contributed by atoms with Crippen molar-refractivity contribution in [2.24, 2.45) is 0 Å². The molecule has 9 nitrogen and oxygen atoms in total. The van der Waals surface area contributed by atoms with E-state index in [4.69, 9.17) is 18.5 Å². The Morgan fingerprint density at radius 2 is 1.83 bits per heavy atom. The SMILES string of the molecule is CCOC(C)OCCC(=C=C(C)Cn1ccc(=O)[nH]c1=O)P(=O)(OCC)OCC. The molecule has 0 aliphatic heterocycles. The lowest BCUT2D eigenvalue weighted by Crippen LogP contribution is -2.28. The zero-order chi connectivity index (χ0) is 21.9. The molecule has 0 aliphatic carbocycles. The number of hydrogen-bond donors (Lipinski definition) is 1. The number of rotatable bonds is 13. The van der Waals surface area contributed by atoms with Crippen molar-refractivity contribution in [3.05, 3.63) is 49.7 Å². The zero-order valence-corrected chi connectivity index (χ0v) is 18.6. The summed E-state index contributed by atoms with van der Waals surface area (Å²) in [5.41, 5.74) is 2.68. The second kappa shape index (κ2) is 12.8. The van der Waals surface area contributed by atoms with Crippen LogP contribution in [0.2, 0.25) is 0 Å². The highest BCUT2D eigenvalue weighted by Gasteiger charge is 2.29. The van der Waals surface area contributed by atoms with Gasteiger partial charge in [0.25, 0.3) is 5.56 Å². The Kier molecular flexibility index (Phi) is 11.1. The molecule has 0 aromatic carbocycles. The molecule has 1 N–H and O–H groups in total. The fourth-order valence-corrected chi connectivity index (χ4v) is 4.27. The fraction of sp³-hybridized carbons (Fsp3) is 0.632. The zero-order valence-electron chi connectivity index (χ0n) is 17.7. The molecule has 1 heterocycles. The van der Waals surface area contributed by atoms with Gasteiger partial charge in [0.2, 0.25) is 0 Å². The maximum atomic E-state index is 13.3. The first-order valence-corrected chi connectivity index (χ1v) is 11.2. The minimum absolute atomic E-state index is 0.160.